The van der Waals surface area contributed by atoms with E-state index in [9.17, 15) is 0 Å². The minimum Gasteiger partial charge on any atom is -0.476 e. The summed E-state index contributed by atoms with van der Waals surface area (Å²) < 4.78 is 5.79. The van der Waals surface area contributed by atoms with Crippen molar-refractivity contribution in [1.82, 2.24) is 15.3 Å². The molecule has 0 unspecified atom stereocenters. The molecule has 0 fully saturated rings. The number of rotatable bonds is 6. The van der Waals surface area contributed by atoms with E-state index in [0.29, 0.717) is 6.61 Å². The van der Waals surface area contributed by atoms with Crippen molar-refractivity contribution in [3.8, 4) is 5.88 Å². The van der Waals surface area contributed by atoms with E-state index in [2.05, 4.69) is 22.2 Å². The highest BCUT2D eigenvalue weighted by Gasteiger charge is 2.14. The fourth-order valence-electron chi connectivity index (χ4n) is 2.31. The lowest BCUT2D eigenvalue weighted by Gasteiger charge is -2.11. The van der Waals surface area contributed by atoms with Crippen molar-refractivity contribution in [2.45, 2.75) is 45.4 Å². The molecule has 1 aromatic rings. The van der Waals surface area contributed by atoms with Gasteiger partial charge in [-0.05, 0) is 38.6 Å². The quantitative estimate of drug-likeness (QED) is 0.619. The van der Waals surface area contributed by atoms with Crippen molar-refractivity contribution in [2.75, 3.05) is 19.7 Å². The van der Waals surface area contributed by atoms with Crippen molar-refractivity contribution in [1.29, 1.82) is 0 Å². The van der Waals surface area contributed by atoms with Crippen LogP contribution in [0.3, 0.4) is 0 Å². The molecule has 2 rings (SSSR count). The summed E-state index contributed by atoms with van der Waals surface area (Å²) in [7, 11) is 0. The molecule has 0 saturated carbocycles. The van der Waals surface area contributed by atoms with Gasteiger partial charge in [0.15, 0.2) is 0 Å². The smallest absolute Gasteiger partial charge is 0.219 e. The molecular weight excluding hydrogens is 226 g/mol. The normalized spacial score (nSPS) is 14.9. The number of nitrogens with zero attached hydrogens (tertiary/aromatic N) is 2. The molecule has 0 amide bonds. The second kappa shape index (κ2) is 7.31. The van der Waals surface area contributed by atoms with E-state index in [1.807, 2.05) is 0 Å². The Morgan fingerprint density at radius 3 is 2.94 bits per heavy atom. The molecule has 18 heavy (non-hydrogen) atoms. The largest absolute Gasteiger partial charge is 0.476 e. The summed E-state index contributed by atoms with van der Waals surface area (Å²) in [6.07, 6.45) is 8.68. The van der Waals surface area contributed by atoms with Crippen LogP contribution in [0.4, 0.5) is 0 Å². The summed E-state index contributed by atoms with van der Waals surface area (Å²) in [5.74, 6) is 0.806. The minimum absolute atomic E-state index is 0.684. The second-order valence-corrected chi connectivity index (χ2v) is 4.76. The van der Waals surface area contributed by atoms with Gasteiger partial charge in [-0.1, -0.05) is 13.3 Å². The van der Waals surface area contributed by atoms with Gasteiger partial charge >= 0.3 is 0 Å². The summed E-state index contributed by atoms with van der Waals surface area (Å²) in [6, 6.07) is 0. The van der Waals surface area contributed by atoms with Crippen LogP contribution in [0.1, 0.15) is 43.9 Å². The topological polar surface area (TPSA) is 47.0 Å². The Morgan fingerprint density at radius 1 is 1.17 bits per heavy atom. The van der Waals surface area contributed by atoms with Gasteiger partial charge in [0.2, 0.25) is 5.88 Å². The van der Waals surface area contributed by atoms with E-state index in [-0.39, 0.29) is 0 Å². The molecule has 1 aliphatic rings. The molecule has 0 radical (unpaired) electrons. The van der Waals surface area contributed by atoms with Gasteiger partial charge < -0.3 is 10.1 Å². The lowest BCUT2D eigenvalue weighted by Crippen LogP contribution is -2.22. The average Bonchev–Trinajstić information content (AvgIpc) is 2.64. The molecule has 1 aliphatic carbocycles. The Hall–Kier alpha value is -1.16. The molecule has 0 spiro atoms. The lowest BCUT2D eigenvalue weighted by atomic mass is 10.1. The Kier molecular flexibility index (Phi) is 5.39. The molecule has 0 bridgehead atoms. The molecule has 0 aromatic carbocycles. The third-order valence-electron chi connectivity index (χ3n) is 3.28. The molecule has 0 atom stereocenters. The predicted octanol–water partition coefficient (Wildman–Crippen LogP) is 2.12. The highest BCUT2D eigenvalue weighted by Crippen LogP contribution is 2.25. The van der Waals surface area contributed by atoms with Crippen molar-refractivity contribution in [3.05, 3.63) is 17.6 Å². The number of hydrogen-bond donors (Lipinski definition) is 1. The van der Waals surface area contributed by atoms with Gasteiger partial charge in [-0.25, -0.2) is 9.97 Å². The molecular formula is C14H23N3O. The van der Waals surface area contributed by atoms with Gasteiger partial charge in [0.25, 0.3) is 0 Å². The van der Waals surface area contributed by atoms with E-state index in [1.165, 1.54) is 30.5 Å². The molecule has 1 N–H and O–H groups in total. The van der Waals surface area contributed by atoms with E-state index in [0.717, 1.165) is 38.2 Å². The maximum atomic E-state index is 5.79. The van der Waals surface area contributed by atoms with Crippen LogP contribution in [-0.4, -0.2) is 29.7 Å². The SMILES string of the molecule is CCCNCCOc1ncnc2c1CCCCC2. The molecule has 4 heteroatoms. The highest BCUT2D eigenvalue weighted by atomic mass is 16.5. The van der Waals surface area contributed by atoms with E-state index >= 15 is 0 Å². The Labute approximate surface area is 109 Å². The summed E-state index contributed by atoms with van der Waals surface area (Å²) in [5, 5.41) is 3.33. The number of aromatic nitrogens is 2. The van der Waals surface area contributed by atoms with E-state index in [1.54, 1.807) is 6.33 Å². The number of fused-ring (bicyclic) bond motifs is 1. The first kappa shape index (κ1) is 13.3. The number of nitrogens with one attached hydrogen (secondary N) is 1. The Bertz CT molecular complexity index is 368. The summed E-state index contributed by atoms with van der Waals surface area (Å²) in [6.45, 7) is 4.78. The summed E-state index contributed by atoms with van der Waals surface area (Å²) in [5.41, 5.74) is 2.43. The molecule has 100 valence electrons. The summed E-state index contributed by atoms with van der Waals surface area (Å²) >= 11 is 0. The van der Waals surface area contributed by atoms with Crippen LogP contribution in [0.15, 0.2) is 6.33 Å². The first-order chi connectivity index (χ1) is 8.92. The summed E-state index contributed by atoms with van der Waals surface area (Å²) in [4.78, 5) is 8.68. The Balaban J connectivity index is 1.91. The van der Waals surface area contributed by atoms with Crippen molar-refractivity contribution in [2.24, 2.45) is 0 Å². The van der Waals surface area contributed by atoms with Gasteiger partial charge in [-0.3, -0.25) is 0 Å². The predicted molar refractivity (Wildman–Crippen MR) is 71.9 cm³/mol. The van der Waals surface area contributed by atoms with E-state index in [4.69, 9.17) is 4.74 Å². The maximum absolute atomic E-state index is 5.79. The fourth-order valence-corrected chi connectivity index (χ4v) is 2.31. The number of ether oxygens (including phenoxy) is 1. The van der Waals surface area contributed by atoms with Crippen molar-refractivity contribution >= 4 is 0 Å². The van der Waals surface area contributed by atoms with Crippen molar-refractivity contribution in [3.63, 3.8) is 0 Å². The van der Waals surface area contributed by atoms with Crippen LogP contribution < -0.4 is 10.1 Å². The van der Waals surface area contributed by atoms with Gasteiger partial charge in [0.05, 0.1) is 5.69 Å². The molecule has 1 heterocycles. The van der Waals surface area contributed by atoms with Gasteiger partial charge in [-0.2, -0.15) is 0 Å². The molecule has 0 saturated heterocycles. The first-order valence-corrected chi connectivity index (χ1v) is 7.08. The highest BCUT2D eigenvalue weighted by molar-refractivity contribution is 5.30. The molecule has 1 aromatic heterocycles. The van der Waals surface area contributed by atoms with Crippen LogP contribution in [0, 0.1) is 0 Å². The molecule has 4 nitrogen and oxygen atoms in total. The van der Waals surface area contributed by atoms with Crippen LogP contribution in [0.25, 0.3) is 0 Å². The monoisotopic (exact) mass is 249 g/mol. The van der Waals surface area contributed by atoms with Crippen LogP contribution in [0.5, 0.6) is 5.88 Å². The minimum atomic E-state index is 0.684. The zero-order valence-corrected chi connectivity index (χ0v) is 11.2. The zero-order chi connectivity index (χ0) is 12.6. The fraction of sp³-hybridized carbons (Fsp3) is 0.714. The number of aryl methyl sites for hydroxylation is 1. The average molecular weight is 249 g/mol. The molecule has 0 aliphatic heterocycles. The van der Waals surface area contributed by atoms with Crippen LogP contribution in [0.2, 0.25) is 0 Å². The lowest BCUT2D eigenvalue weighted by molar-refractivity contribution is 0.298. The third kappa shape index (κ3) is 3.67. The van der Waals surface area contributed by atoms with Gasteiger partial charge in [0.1, 0.15) is 12.9 Å². The van der Waals surface area contributed by atoms with E-state index < -0.39 is 0 Å². The number of hydrogen-bond acceptors (Lipinski definition) is 4. The van der Waals surface area contributed by atoms with Crippen LogP contribution >= 0.6 is 0 Å². The first-order valence-electron chi connectivity index (χ1n) is 7.08. The third-order valence-corrected chi connectivity index (χ3v) is 3.28. The van der Waals surface area contributed by atoms with Gasteiger partial charge in [-0.15, -0.1) is 0 Å². The second-order valence-electron chi connectivity index (χ2n) is 4.76. The zero-order valence-electron chi connectivity index (χ0n) is 11.2. The van der Waals surface area contributed by atoms with Crippen molar-refractivity contribution < 1.29 is 4.74 Å². The van der Waals surface area contributed by atoms with Crippen LogP contribution in [-0.2, 0) is 12.8 Å². The Morgan fingerprint density at radius 2 is 2.06 bits per heavy atom. The standard InChI is InChI=1S/C14H23N3O/c1-2-8-15-9-10-18-14-12-6-4-3-5-7-13(12)16-11-17-14/h11,15H,2-10H2,1H3. The maximum Gasteiger partial charge on any atom is 0.219 e. The van der Waals surface area contributed by atoms with Gasteiger partial charge in [0, 0.05) is 12.1 Å².